The first kappa shape index (κ1) is 23.4. The van der Waals surface area contributed by atoms with Gasteiger partial charge in [-0.3, -0.25) is 13.9 Å². The first-order valence-corrected chi connectivity index (χ1v) is 10.7. The van der Waals surface area contributed by atoms with E-state index in [1.165, 1.54) is 15.9 Å². The lowest BCUT2D eigenvalue weighted by molar-refractivity contribution is 0.453. The lowest BCUT2D eigenvalue weighted by atomic mass is 10.1. The fourth-order valence-electron chi connectivity index (χ4n) is 2.88. The molecule has 8 heteroatoms. The van der Waals surface area contributed by atoms with Crippen molar-refractivity contribution in [2.45, 2.75) is 60.7 Å². The molecule has 0 bridgehead atoms. The fraction of sp³-hybridized carbons (Fsp3) is 0.684. The molecule has 0 aliphatic rings. The normalized spacial score (nSPS) is 12.0. The van der Waals surface area contributed by atoms with E-state index in [-0.39, 0.29) is 11.2 Å². The summed E-state index contributed by atoms with van der Waals surface area (Å²) in [6.45, 7) is 12.9. The highest BCUT2D eigenvalue weighted by atomic mass is 32.1. The van der Waals surface area contributed by atoms with Crippen molar-refractivity contribution in [3.05, 3.63) is 25.7 Å². The highest BCUT2D eigenvalue weighted by molar-refractivity contribution is 7.19. The van der Waals surface area contributed by atoms with Crippen LogP contribution in [-0.4, -0.2) is 29.3 Å². The summed E-state index contributed by atoms with van der Waals surface area (Å²) >= 11 is 1.51. The molecule has 0 fully saturated rings. The summed E-state index contributed by atoms with van der Waals surface area (Å²) in [6.07, 6.45) is 0.981. The third kappa shape index (κ3) is 5.00. The van der Waals surface area contributed by atoms with E-state index >= 15 is 0 Å². The fourth-order valence-corrected chi connectivity index (χ4v) is 4.15. The molecule has 2 aromatic heterocycles. The van der Waals surface area contributed by atoms with Gasteiger partial charge in [0.05, 0.1) is 11.1 Å². The van der Waals surface area contributed by atoms with Gasteiger partial charge in [0.25, 0.3) is 5.56 Å². The number of hydrogen-bond donors (Lipinski definition) is 3. The summed E-state index contributed by atoms with van der Waals surface area (Å²) in [5.74, 6) is 0.364. The third-order valence-electron chi connectivity index (χ3n) is 4.49. The van der Waals surface area contributed by atoms with Gasteiger partial charge in [-0.1, -0.05) is 34.1 Å². The molecule has 0 aliphatic carbocycles. The van der Waals surface area contributed by atoms with Crippen molar-refractivity contribution in [2.75, 3.05) is 25.5 Å². The number of nitrogens with zero attached hydrogens (tertiary/aromatic N) is 2. The highest BCUT2D eigenvalue weighted by Crippen LogP contribution is 2.33. The van der Waals surface area contributed by atoms with E-state index in [4.69, 9.17) is 5.73 Å². The second kappa shape index (κ2) is 11.3. The Kier molecular flexibility index (Phi) is 9.76. The lowest BCUT2D eigenvalue weighted by Gasteiger charge is -2.14. The van der Waals surface area contributed by atoms with Gasteiger partial charge in [0.1, 0.15) is 4.83 Å². The number of thiophene rings is 1. The number of hydrogen-bond acceptors (Lipinski definition) is 6. The molecule has 0 radical (unpaired) electrons. The first-order valence-electron chi connectivity index (χ1n) is 9.87. The van der Waals surface area contributed by atoms with Crippen LogP contribution in [0.1, 0.15) is 45.9 Å². The summed E-state index contributed by atoms with van der Waals surface area (Å²) in [4.78, 5) is 27.5. The van der Waals surface area contributed by atoms with Crippen LogP contribution in [0.3, 0.4) is 0 Å². The molecule has 1 atom stereocenters. The number of anilines is 1. The molecular weight excluding hydrogens is 362 g/mol. The lowest BCUT2D eigenvalue weighted by Crippen LogP contribution is -2.40. The Hall–Kier alpha value is -1.64. The molecule has 0 amide bonds. The molecular formula is C19H35N5O2S. The van der Waals surface area contributed by atoms with Gasteiger partial charge in [0, 0.05) is 44.6 Å². The quantitative estimate of drug-likeness (QED) is 0.565. The maximum atomic E-state index is 12.9. The van der Waals surface area contributed by atoms with Crippen molar-refractivity contribution in [1.29, 1.82) is 0 Å². The molecule has 154 valence electrons. The summed E-state index contributed by atoms with van der Waals surface area (Å²) < 4.78 is 3.10. The standard InChI is InChI=1S/C17H29N5O2S.C2H6/c1-5-11(3)10-22-16-13(15(23)21(6-2)17(22)24)14(19-4)12(25-16)9-20-8-7-18;1-2/h11,19-20H,5-10,18H2,1-4H3;1-2H3. The zero-order chi connectivity index (χ0) is 20.6. The highest BCUT2D eigenvalue weighted by Gasteiger charge is 2.21. The van der Waals surface area contributed by atoms with Crippen LogP contribution in [0.2, 0.25) is 0 Å². The largest absolute Gasteiger partial charge is 0.386 e. The Morgan fingerprint density at radius 3 is 2.37 bits per heavy atom. The summed E-state index contributed by atoms with van der Waals surface area (Å²) in [5.41, 5.74) is 5.92. The Labute approximate surface area is 165 Å². The molecule has 7 nitrogen and oxygen atoms in total. The average molecular weight is 398 g/mol. The van der Waals surface area contributed by atoms with E-state index in [0.717, 1.165) is 21.8 Å². The number of nitrogens with two attached hydrogens (primary N) is 1. The number of aromatic nitrogens is 2. The van der Waals surface area contributed by atoms with Crippen molar-refractivity contribution in [3.8, 4) is 0 Å². The van der Waals surface area contributed by atoms with Crippen LogP contribution in [0.25, 0.3) is 10.2 Å². The SMILES string of the molecule is CC.CCC(C)Cn1c(=O)n(CC)c(=O)c2c(NC)c(CNCCN)sc21. The van der Waals surface area contributed by atoms with Crippen LogP contribution in [0, 0.1) is 5.92 Å². The van der Waals surface area contributed by atoms with E-state index in [2.05, 4.69) is 24.5 Å². The van der Waals surface area contributed by atoms with Crippen molar-refractivity contribution < 1.29 is 0 Å². The smallest absolute Gasteiger partial charge is 0.332 e. The maximum absolute atomic E-state index is 12.9. The second-order valence-electron chi connectivity index (χ2n) is 6.25. The second-order valence-corrected chi connectivity index (χ2v) is 7.34. The predicted molar refractivity (Wildman–Crippen MR) is 117 cm³/mol. The number of fused-ring (bicyclic) bond motifs is 1. The Balaban J connectivity index is 0.00000176. The van der Waals surface area contributed by atoms with Gasteiger partial charge in [-0.25, -0.2) is 4.79 Å². The number of nitrogens with one attached hydrogen (secondary N) is 2. The molecule has 4 N–H and O–H groups in total. The van der Waals surface area contributed by atoms with Crippen molar-refractivity contribution in [3.63, 3.8) is 0 Å². The Morgan fingerprint density at radius 2 is 1.85 bits per heavy atom. The van der Waals surface area contributed by atoms with E-state index in [1.54, 1.807) is 4.57 Å². The van der Waals surface area contributed by atoms with Gasteiger partial charge in [0.15, 0.2) is 0 Å². The van der Waals surface area contributed by atoms with Crippen molar-refractivity contribution in [1.82, 2.24) is 14.5 Å². The molecule has 2 rings (SSSR count). The van der Waals surface area contributed by atoms with Crippen molar-refractivity contribution >= 4 is 27.2 Å². The van der Waals surface area contributed by atoms with Gasteiger partial charge >= 0.3 is 5.69 Å². The molecule has 0 spiro atoms. The summed E-state index contributed by atoms with van der Waals surface area (Å²) in [5, 5.41) is 7.05. The van der Waals surface area contributed by atoms with Gasteiger partial charge in [0.2, 0.25) is 0 Å². The van der Waals surface area contributed by atoms with Gasteiger partial charge in [-0.05, 0) is 12.8 Å². The van der Waals surface area contributed by atoms with Gasteiger partial charge in [-0.15, -0.1) is 11.3 Å². The minimum absolute atomic E-state index is 0.214. The minimum atomic E-state index is -0.217. The third-order valence-corrected chi connectivity index (χ3v) is 5.71. The zero-order valence-corrected chi connectivity index (χ0v) is 18.3. The molecule has 0 saturated heterocycles. The molecule has 0 aromatic carbocycles. The zero-order valence-electron chi connectivity index (χ0n) is 17.5. The van der Waals surface area contributed by atoms with Crippen LogP contribution >= 0.6 is 11.3 Å². The van der Waals surface area contributed by atoms with E-state index in [0.29, 0.717) is 44.0 Å². The van der Waals surface area contributed by atoms with E-state index in [9.17, 15) is 9.59 Å². The molecule has 1 unspecified atom stereocenters. The van der Waals surface area contributed by atoms with Crippen LogP contribution in [0.4, 0.5) is 5.69 Å². The van der Waals surface area contributed by atoms with Gasteiger partial charge < -0.3 is 16.4 Å². The molecule has 2 aromatic rings. The average Bonchev–Trinajstić information content (AvgIpc) is 3.05. The van der Waals surface area contributed by atoms with Crippen LogP contribution in [-0.2, 0) is 19.6 Å². The first-order chi connectivity index (χ1) is 13.0. The van der Waals surface area contributed by atoms with Crippen LogP contribution in [0.15, 0.2) is 9.59 Å². The monoisotopic (exact) mass is 397 g/mol. The maximum Gasteiger partial charge on any atom is 0.332 e. The van der Waals surface area contributed by atoms with E-state index in [1.807, 2.05) is 27.8 Å². The van der Waals surface area contributed by atoms with Crippen LogP contribution < -0.4 is 27.6 Å². The van der Waals surface area contributed by atoms with Gasteiger partial charge in [-0.2, -0.15) is 0 Å². The Morgan fingerprint density at radius 1 is 1.19 bits per heavy atom. The van der Waals surface area contributed by atoms with E-state index < -0.39 is 0 Å². The molecule has 0 aliphatic heterocycles. The molecule has 2 heterocycles. The minimum Gasteiger partial charge on any atom is -0.386 e. The Bertz CT molecular complexity index is 837. The molecule has 27 heavy (non-hydrogen) atoms. The summed E-state index contributed by atoms with van der Waals surface area (Å²) in [6, 6.07) is 0. The van der Waals surface area contributed by atoms with Crippen LogP contribution in [0.5, 0.6) is 0 Å². The molecule has 0 saturated carbocycles. The van der Waals surface area contributed by atoms with Crippen molar-refractivity contribution in [2.24, 2.45) is 11.7 Å². The summed E-state index contributed by atoms with van der Waals surface area (Å²) in [7, 11) is 1.81. The number of rotatable bonds is 9. The predicted octanol–water partition coefficient (Wildman–Crippen LogP) is 2.41. The topological polar surface area (TPSA) is 94.1 Å².